The van der Waals surface area contributed by atoms with E-state index in [0.29, 0.717) is 5.54 Å². The van der Waals surface area contributed by atoms with Crippen molar-refractivity contribution >= 4 is 0 Å². The van der Waals surface area contributed by atoms with Crippen LogP contribution in [-0.2, 0) is 12.1 Å². The molecule has 0 amide bonds. The van der Waals surface area contributed by atoms with Gasteiger partial charge < -0.3 is 5.11 Å². The summed E-state index contributed by atoms with van der Waals surface area (Å²) in [7, 11) is 0. The third-order valence-corrected chi connectivity index (χ3v) is 3.52. The molecule has 0 radical (unpaired) electrons. The zero-order valence-electron chi connectivity index (χ0n) is 7.82. The van der Waals surface area contributed by atoms with Crippen LogP contribution < -0.4 is 0 Å². The minimum absolute atomic E-state index is 0.118. The fraction of sp³-hybridized carbons (Fsp3) is 0.700. The molecule has 0 aliphatic heterocycles. The summed E-state index contributed by atoms with van der Waals surface area (Å²) in [5.41, 5.74) is 2.32. The van der Waals surface area contributed by atoms with E-state index in [1.165, 1.54) is 19.3 Å². The highest BCUT2D eigenvalue weighted by atomic mass is 16.3. The molecule has 1 heterocycles. The van der Waals surface area contributed by atoms with Gasteiger partial charge in [-0.3, -0.25) is 4.68 Å². The number of hydrogen-bond donors (Lipinski definition) is 1. The Morgan fingerprint density at radius 3 is 2.77 bits per heavy atom. The van der Waals surface area contributed by atoms with Crippen LogP contribution in [0.5, 0.6) is 0 Å². The van der Waals surface area contributed by atoms with Gasteiger partial charge in [-0.25, -0.2) is 0 Å². The summed E-state index contributed by atoms with van der Waals surface area (Å²) in [4.78, 5) is 0. The van der Waals surface area contributed by atoms with E-state index in [2.05, 4.69) is 9.78 Å². The molecule has 1 N–H and O–H groups in total. The topological polar surface area (TPSA) is 38.0 Å². The monoisotopic (exact) mass is 178 g/mol. The smallest absolute Gasteiger partial charge is 0.0850 e. The van der Waals surface area contributed by atoms with Crippen LogP contribution in [0.4, 0.5) is 0 Å². The Kier molecular flexibility index (Phi) is 1.25. The molecule has 3 nitrogen and oxygen atoms in total. The molecular weight excluding hydrogens is 164 g/mol. The zero-order valence-corrected chi connectivity index (χ0v) is 7.82. The summed E-state index contributed by atoms with van der Waals surface area (Å²) in [6, 6.07) is 1.99. The first-order valence-corrected chi connectivity index (χ1v) is 4.90. The molecule has 0 aromatic carbocycles. The molecule has 2 bridgehead atoms. The second kappa shape index (κ2) is 2.15. The number of aliphatic hydroxyl groups excluding tert-OH is 1. The lowest BCUT2D eigenvalue weighted by Crippen LogP contribution is -2.60. The summed E-state index contributed by atoms with van der Waals surface area (Å²) >= 11 is 0. The van der Waals surface area contributed by atoms with Crippen molar-refractivity contribution in [1.82, 2.24) is 9.78 Å². The number of nitrogens with zero attached hydrogens (tertiary/aromatic N) is 2. The highest BCUT2D eigenvalue weighted by molar-refractivity contribution is 5.18. The second-order valence-corrected chi connectivity index (χ2v) is 4.55. The number of aryl methyl sites for hydroxylation is 1. The summed E-state index contributed by atoms with van der Waals surface area (Å²) in [5.74, 6) is 0.955. The van der Waals surface area contributed by atoms with Crippen molar-refractivity contribution in [2.24, 2.45) is 5.92 Å². The van der Waals surface area contributed by atoms with Crippen molar-refractivity contribution in [3.8, 4) is 0 Å². The molecule has 3 aliphatic carbocycles. The maximum Gasteiger partial charge on any atom is 0.0850 e. The lowest BCUT2D eigenvalue weighted by Gasteiger charge is -2.61. The van der Waals surface area contributed by atoms with E-state index >= 15 is 0 Å². The fourth-order valence-electron chi connectivity index (χ4n) is 2.77. The molecule has 70 valence electrons. The van der Waals surface area contributed by atoms with Crippen LogP contribution in [0.1, 0.15) is 30.7 Å². The van der Waals surface area contributed by atoms with Gasteiger partial charge in [0.05, 0.1) is 23.5 Å². The van der Waals surface area contributed by atoms with E-state index in [4.69, 9.17) is 0 Å². The van der Waals surface area contributed by atoms with Crippen molar-refractivity contribution in [3.63, 3.8) is 0 Å². The van der Waals surface area contributed by atoms with Gasteiger partial charge in [0.1, 0.15) is 0 Å². The Balaban J connectivity index is 2.02. The predicted octanol–water partition coefficient (Wildman–Crippen LogP) is 1.19. The number of aromatic nitrogens is 2. The number of aliphatic hydroxyl groups is 1. The van der Waals surface area contributed by atoms with Crippen LogP contribution in [0, 0.1) is 12.8 Å². The molecule has 13 heavy (non-hydrogen) atoms. The summed E-state index contributed by atoms with van der Waals surface area (Å²) in [5, 5.41) is 13.6. The van der Waals surface area contributed by atoms with Crippen molar-refractivity contribution in [2.45, 2.75) is 38.3 Å². The quantitative estimate of drug-likeness (QED) is 0.738. The van der Waals surface area contributed by atoms with E-state index in [9.17, 15) is 5.11 Å². The highest BCUT2D eigenvalue weighted by Gasteiger charge is 2.59. The van der Waals surface area contributed by atoms with Gasteiger partial charge in [-0.2, -0.15) is 5.10 Å². The highest BCUT2D eigenvalue weighted by Crippen LogP contribution is 2.62. The van der Waals surface area contributed by atoms with Gasteiger partial charge in [-0.1, -0.05) is 0 Å². The third kappa shape index (κ3) is 0.804. The lowest BCUT2D eigenvalue weighted by atomic mass is 9.50. The Morgan fingerprint density at radius 2 is 2.31 bits per heavy atom. The van der Waals surface area contributed by atoms with Gasteiger partial charge in [-0.05, 0) is 38.2 Å². The molecule has 3 saturated carbocycles. The summed E-state index contributed by atoms with van der Waals surface area (Å²) in [6.45, 7) is 2.11. The SMILES string of the molecule is Cc1cc(CO)n(C23CC(C2)C3)n1. The fourth-order valence-corrected chi connectivity index (χ4v) is 2.77. The summed E-state index contributed by atoms with van der Waals surface area (Å²) in [6.07, 6.45) is 3.84. The minimum atomic E-state index is 0.118. The van der Waals surface area contributed by atoms with Crippen LogP contribution in [0.2, 0.25) is 0 Å². The molecule has 1 aromatic rings. The first-order chi connectivity index (χ1) is 6.23. The number of hydrogen-bond acceptors (Lipinski definition) is 2. The molecule has 1 aromatic heterocycles. The first-order valence-electron chi connectivity index (χ1n) is 4.90. The Labute approximate surface area is 77.4 Å². The Hall–Kier alpha value is -0.830. The second-order valence-electron chi connectivity index (χ2n) is 4.55. The van der Waals surface area contributed by atoms with Crippen LogP contribution in [-0.4, -0.2) is 14.9 Å². The standard InChI is InChI=1S/C10H14N2O/c1-7-2-9(6-13)12(11-7)10-3-8(4-10)5-10/h2,8,13H,3-6H2,1H3. The molecule has 0 spiro atoms. The minimum Gasteiger partial charge on any atom is -0.390 e. The normalized spacial score (nSPS) is 35.4. The third-order valence-electron chi connectivity index (χ3n) is 3.52. The van der Waals surface area contributed by atoms with Crippen molar-refractivity contribution < 1.29 is 5.11 Å². The average Bonchev–Trinajstić information content (AvgIpc) is 2.25. The van der Waals surface area contributed by atoms with E-state index in [0.717, 1.165) is 17.3 Å². The predicted molar refractivity (Wildman–Crippen MR) is 48.2 cm³/mol. The van der Waals surface area contributed by atoms with Crippen LogP contribution in [0.3, 0.4) is 0 Å². The van der Waals surface area contributed by atoms with Crippen LogP contribution in [0.15, 0.2) is 6.07 Å². The van der Waals surface area contributed by atoms with E-state index < -0.39 is 0 Å². The zero-order chi connectivity index (χ0) is 9.05. The van der Waals surface area contributed by atoms with Gasteiger partial charge >= 0.3 is 0 Å². The Morgan fingerprint density at radius 1 is 1.62 bits per heavy atom. The largest absolute Gasteiger partial charge is 0.390 e. The molecule has 0 saturated heterocycles. The molecule has 0 unspecified atom stereocenters. The van der Waals surface area contributed by atoms with Crippen LogP contribution in [0.25, 0.3) is 0 Å². The van der Waals surface area contributed by atoms with Gasteiger partial charge in [0, 0.05) is 0 Å². The van der Waals surface area contributed by atoms with Crippen molar-refractivity contribution in [3.05, 3.63) is 17.5 Å². The average molecular weight is 178 g/mol. The van der Waals surface area contributed by atoms with Crippen molar-refractivity contribution in [2.75, 3.05) is 0 Å². The van der Waals surface area contributed by atoms with E-state index in [1.54, 1.807) is 0 Å². The van der Waals surface area contributed by atoms with E-state index in [-0.39, 0.29) is 6.61 Å². The van der Waals surface area contributed by atoms with Gasteiger partial charge in [-0.15, -0.1) is 0 Å². The van der Waals surface area contributed by atoms with Gasteiger partial charge in [0.2, 0.25) is 0 Å². The van der Waals surface area contributed by atoms with E-state index in [1.807, 2.05) is 13.0 Å². The van der Waals surface area contributed by atoms with Crippen LogP contribution >= 0.6 is 0 Å². The van der Waals surface area contributed by atoms with Gasteiger partial charge in [0.15, 0.2) is 0 Å². The summed E-state index contributed by atoms with van der Waals surface area (Å²) < 4.78 is 2.07. The Bertz CT molecular complexity index is 339. The molecule has 3 fully saturated rings. The number of rotatable bonds is 2. The van der Waals surface area contributed by atoms with Crippen molar-refractivity contribution in [1.29, 1.82) is 0 Å². The first kappa shape index (κ1) is 7.56. The molecule has 3 aliphatic rings. The lowest BCUT2D eigenvalue weighted by molar-refractivity contribution is -0.101. The maximum atomic E-state index is 9.17. The molecule has 3 heteroatoms. The van der Waals surface area contributed by atoms with Gasteiger partial charge in [0.25, 0.3) is 0 Å². The molecular formula is C10H14N2O. The maximum absolute atomic E-state index is 9.17. The molecule has 4 rings (SSSR count). The molecule has 0 atom stereocenters.